The van der Waals surface area contributed by atoms with E-state index in [1.54, 1.807) is 0 Å². The van der Waals surface area contributed by atoms with Gasteiger partial charge in [0, 0.05) is 12.5 Å². The molecule has 0 aromatic heterocycles. The van der Waals surface area contributed by atoms with Gasteiger partial charge in [-0.25, -0.2) is 0 Å². The van der Waals surface area contributed by atoms with E-state index in [1.165, 1.54) is 0 Å². The van der Waals surface area contributed by atoms with E-state index in [0.717, 1.165) is 6.61 Å². The highest BCUT2D eigenvalue weighted by atomic mass is 28.4. The molecule has 3 nitrogen and oxygen atoms in total. The highest BCUT2D eigenvalue weighted by molar-refractivity contribution is 6.74. The molecular weight excluding hydrogens is 232 g/mol. The van der Waals surface area contributed by atoms with Crippen molar-refractivity contribution in [1.29, 1.82) is 0 Å². The maximum Gasteiger partial charge on any atom is 0.191 e. The van der Waals surface area contributed by atoms with Crippen molar-refractivity contribution < 1.29 is 14.3 Å². The molecule has 0 amide bonds. The minimum Gasteiger partial charge on any atom is -0.416 e. The zero-order valence-corrected chi connectivity index (χ0v) is 13.3. The average molecular weight is 260 g/mol. The van der Waals surface area contributed by atoms with Gasteiger partial charge in [0.25, 0.3) is 0 Å². The van der Waals surface area contributed by atoms with Crippen molar-refractivity contribution in [2.24, 2.45) is 5.92 Å². The van der Waals surface area contributed by atoms with Gasteiger partial charge in [0.15, 0.2) is 8.32 Å². The van der Waals surface area contributed by atoms with E-state index in [-0.39, 0.29) is 23.4 Å². The zero-order valence-electron chi connectivity index (χ0n) is 12.3. The van der Waals surface area contributed by atoms with Crippen LogP contribution in [0.1, 0.15) is 34.6 Å². The monoisotopic (exact) mass is 260 g/mol. The number of epoxide rings is 1. The van der Waals surface area contributed by atoms with Gasteiger partial charge in [-0.15, -0.1) is 0 Å². The molecule has 17 heavy (non-hydrogen) atoms. The van der Waals surface area contributed by atoms with Gasteiger partial charge in [-0.2, -0.15) is 0 Å². The summed E-state index contributed by atoms with van der Waals surface area (Å²) in [7, 11) is -1.66. The molecule has 102 valence electrons. The Hall–Kier alpha value is 0.0969. The lowest BCUT2D eigenvalue weighted by molar-refractivity contribution is 0.180. The molecule has 1 aliphatic heterocycles. The number of hydrogen-bond donors (Lipinski definition) is 1. The van der Waals surface area contributed by atoms with Gasteiger partial charge in [-0.05, 0) is 25.1 Å². The molecule has 0 aromatic carbocycles. The number of ether oxygens (including phenoxy) is 1. The van der Waals surface area contributed by atoms with Crippen LogP contribution in [0.2, 0.25) is 18.1 Å². The second-order valence-corrected chi connectivity index (χ2v) is 11.9. The third-order valence-corrected chi connectivity index (χ3v) is 8.79. The first kappa shape index (κ1) is 15.2. The summed E-state index contributed by atoms with van der Waals surface area (Å²) in [5.74, 6) is 0.348. The molecule has 1 fully saturated rings. The minimum absolute atomic E-state index is 0.0993. The minimum atomic E-state index is -1.66. The Kier molecular flexibility index (Phi) is 4.14. The first-order valence-electron chi connectivity index (χ1n) is 6.46. The molecule has 0 aromatic rings. The van der Waals surface area contributed by atoms with Crippen LogP contribution in [0.25, 0.3) is 0 Å². The van der Waals surface area contributed by atoms with Gasteiger partial charge in [-0.1, -0.05) is 27.7 Å². The second kappa shape index (κ2) is 4.65. The van der Waals surface area contributed by atoms with E-state index in [2.05, 4.69) is 40.8 Å². The normalized spacial score (nSPS) is 31.4. The first-order chi connectivity index (χ1) is 7.53. The molecule has 0 aliphatic carbocycles. The summed E-state index contributed by atoms with van der Waals surface area (Å²) in [6, 6.07) is 0. The van der Waals surface area contributed by atoms with Crippen LogP contribution in [-0.4, -0.2) is 38.3 Å². The van der Waals surface area contributed by atoms with Gasteiger partial charge in [0.05, 0.1) is 12.7 Å². The third-order valence-electron chi connectivity index (χ3n) is 4.28. The largest absolute Gasteiger partial charge is 0.416 e. The molecule has 0 saturated carbocycles. The van der Waals surface area contributed by atoms with Crippen molar-refractivity contribution in [3.63, 3.8) is 0 Å². The standard InChI is InChI=1S/C13H28O3Si/c1-10(11-13(5,9-14)16-11)8-15-17(6,7)12(2,3)4/h10-11,14H,8-9H2,1-7H3/t10-,11+,13-/m0/s1. The molecule has 1 heterocycles. The van der Waals surface area contributed by atoms with E-state index < -0.39 is 8.32 Å². The molecule has 0 spiro atoms. The maximum atomic E-state index is 9.18. The van der Waals surface area contributed by atoms with Crippen LogP contribution in [0.5, 0.6) is 0 Å². The molecule has 1 N–H and O–H groups in total. The summed E-state index contributed by atoms with van der Waals surface area (Å²) in [5, 5.41) is 9.43. The van der Waals surface area contributed by atoms with E-state index in [0.29, 0.717) is 5.92 Å². The fourth-order valence-electron chi connectivity index (χ4n) is 1.74. The van der Waals surface area contributed by atoms with Crippen LogP contribution in [-0.2, 0) is 9.16 Å². The molecule has 0 radical (unpaired) electrons. The first-order valence-corrected chi connectivity index (χ1v) is 9.37. The van der Waals surface area contributed by atoms with Crippen molar-refractivity contribution >= 4 is 8.32 Å². The van der Waals surface area contributed by atoms with Crippen LogP contribution in [0.3, 0.4) is 0 Å². The fourth-order valence-corrected chi connectivity index (χ4v) is 2.86. The Morgan fingerprint density at radius 2 is 1.94 bits per heavy atom. The van der Waals surface area contributed by atoms with Gasteiger partial charge < -0.3 is 14.3 Å². The predicted molar refractivity (Wildman–Crippen MR) is 72.7 cm³/mol. The van der Waals surface area contributed by atoms with Crippen LogP contribution in [0, 0.1) is 5.92 Å². The summed E-state index contributed by atoms with van der Waals surface area (Å²) < 4.78 is 11.7. The summed E-state index contributed by atoms with van der Waals surface area (Å²) in [6.45, 7) is 16.2. The lowest BCUT2D eigenvalue weighted by Crippen LogP contribution is -2.42. The van der Waals surface area contributed by atoms with Crippen molar-refractivity contribution in [3.8, 4) is 0 Å². The van der Waals surface area contributed by atoms with E-state index in [1.807, 2.05) is 6.92 Å². The Morgan fingerprint density at radius 3 is 2.29 bits per heavy atom. The molecule has 1 aliphatic rings. The lowest BCUT2D eigenvalue weighted by atomic mass is 9.99. The highest BCUT2D eigenvalue weighted by Gasteiger charge is 2.54. The summed E-state index contributed by atoms with van der Waals surface area (Å²) in [4.78, 5) is 0. The maximum absolute atomic E-state index is 9.18. The highest BCUT2D eigenvalue weighted by Crippen LogP contribution is 2.42. The van der Waals surface area contributed by atoms with Crippen LogP contribution in [0.4, 0.5) is 0 Å². The Morgan fingerprint density at radius 1 is 1.41 bits per heavy atom. The number of hydrogen-bond acceptors (Lipinski definition) is 3. The zero-order chi connectivity index (χ0) is 13.5. The van der Waals surface area contributed by atoms with E-state index in [9.17, 15) is 5.11 Å². The predicted octanol–water partition coefficient (Wildman–Crippen LogP) is 2.79. The topological polar surface area (TPSA) is 42.0 Å². The van der Waals surface area contributed by atoms with Crippen molar-refractivity contribution in [1.82, 2.24) is 0 Å². The summed E-state index contributed by atoms with van der Waals surface area (Å²) >= 11 is 0. The van der Waals surface area contributed by atoms with Crippen LogP contribution >= 0.6 is 0 Å². The summed E-state index contributed by atoms with van der Waals surface area (Å²) in [6.07, 6.45) is 0.150. The van der Waals surface area contributed by atoms with E-state index >= 15 is 0 Å². The van der Waals surface area contributed by atoms with Gasteiger partial charge >= 0.3 is 0 Å². The van der Waals surface area contributed by atoms with Crippen molar-refractivity contribution in [2.75, 3.05) is 13.2 Å². The fraction of sp³-hybridized carbons (Fsp3) is 1.00. The van der Waals surface area contributed by atoms with Gasteiger partial charge in [0.1, 0.15) is 5.60 Å². The SMILES string of the molecule is C[C@@H](CO[Si](C)(C)C(C)(C)C)[C@H]1O[C@@]1(C)CO. The lowest BCUT2D eigenvalue weighted by Gasteiger charge is -2.37. The molecular formula is C13H28O3Si. The molecule has 0 bridgehead atoms. The molecule has 3 atom stereocenters. The van der Waals surface area contributed by atoms with Crippen LogP contribution in [0.15, 0.2) is 0 Å². The number of aliphatic hydroxyl groups is 1. The number of rotatable bonds is 5. The van der Waals surface area contributed by atoms with Gasteiger partial charge in [-0.3, -0.25) is 0 Å². The Bertz CT molecular complexity index is 272. The van der Waals surface area contributed by atoms with E-state index in [4.69, 9.17) is 9.16 Å². The molecule has 4 heteroatoms. The number of aliphatic hydroxyl groups excluding tert-OH is 1. The molecule has 0 unspecified atom stereocenters. The quantitative estimate of drug-likeness (QED) is 0.610. The van der Waals surface area contributed by atoms with Crippen molar-refractivity contribution in [3.05, 3.63) is 0 Å². The van der Waals surface area contributed by atoms with Gasteiger partial charge in [0.2, 0.25) is 0 Å². The second-order valence-electron chi connectivity index (χ2n) is 7.06. The van der Waals surface area contributed by atoms with Crippen LogP contribution < -0.4 is 0 Å². The van der Waals surface area contributed by atoms with Crippen molar-refractivity contribution in [2.45, 2.75) is 64.5 Å². The Labute approximate surface area is 107 Å². The third kappa shape index (κ3) is 3.31. The molecule has 1 saturated heterocycles. The Balaban J connectivity index is 2.42. The molecule has 1 rings (SSSR count). The summed E-state index contributed by atoms with van der Waals surface area (Å²) in [5.41, 5.74) is -0.323. The smallest absolute Gasteiger partial charge is 0.191 e. The average Bonchev–Trinajstić information content (AvgIpc) is 2.87.